The highest BCUT2D eigenvalue weighted by Crippen LogP contribution is 2.09. The Morgan fingerprint density at radius 1 is 1.25 bits per heavy atom. The van der Waals surface area contributed by atoms with Crippen LogP contribution in [0, 0.1) is 0 Å². The maximum atomic E-state index is 11.6. The Morgan fingerprint density at radius 3 is 2.75 bits per heavy atom. The molecule has 0 unspecified atom stereocenters. The molecule has 2 aromatic rings. The van der Waals surface area contributed by atoms with Crippen molar-refractivity contribution in [2.45, 2.75) is 6.42 Å². The van der Waals surface area contributed by atoms with Crippen LogP contribution in [0.1, 0.15) is 10.4 Å². The van der Waals surface area contributed by atoms with E-state index >= 15 is 0 Å². The third kappa shape index (κ3) is 4.99. The monoisotopic (exact) mass is 304 g/mol. The van der Waals surface area contributed by atoms with E-state index in [1.54, 1.807) is 17.4 Å². The van der Waals surface area contributed by atoms with Gasteiger partial charge in [-0.2, -0.15) is 5.10 Å². The highest BCUT2D eigenvalue weighted by molar-refractivity contribution is 7.10. The molecule has 0 spiro atoms. The number of hydrazone groups is 1. The van der Waals surface area contributed by atoms with Gasteiger partial charge in [0.2, 0.25) is 5.91 Å². The zero-order valence-electron chi connectivity index (χ0n) is 10.6. The van der Waals surface area contributed by atoms with Crippen LogP contribution in [0.2, 0.25) is 0 Å². The second kappa shape index (κ2) is 7.62. The first-order chi connectivity index (χ1) is 9.74. The fraction of sp³-hybridized carbons (Fsp3) is 0.0667. The standard InChI is InChI=1S/C15H13ClN2OS/c16-13(9-12-5-2-1-3-6-12)11-17-18-15(19)10-14-7-4-8-20-14/h1-9,11H,10H2,(H,18,19)/b13-9-,17-11+. The molecule has 1 heterocycles. The zero-order chi connectivity index (χ0) is 14.2. The highest BCUT2D eigenvalue weighted by atomic mass is 35.5. The van der Waals surface area contributed by atoms with Crippen LogP contribution in [0.5, 0.6) is 0 Å². The fourth-order valence-corrected chi connectivity index (χ4v) is 2.40. The van der Waals surface area contributed by atoms with Crippen molar-refractivity contribution in [3.63, 3.8) is 0 Å². The van der Waals surface area contributed by atoms with Gasteiger partial charge >= 0.3 is 0 Å². The zero-order valence-corrected chi connectivity index (χ0v) is 12.2. The Hall–Kier alpha value is -1.91. The predicted octanol–water partition coefficient (Wildman–Crippen LogP) is 3.67. The van der Waals surface area contributed by atoms with Crippen molar-refractivity contribution in [3.8, 4) is 0 Å². The Bertz CT molecular complexity index is 606. The van der Waals surface area contributed by atoms with Crippen LogP contribution in [0.25, 0.3) is 6.08 Å². The van der Waals surface area contributed by atoms with E-state index in [4.69, 9.17) is 11.6 Å². The summed E-state index contributed by atoms with van der Waals surface area (Å²) in [5, 5.41) is 6.22. The van der Waals surface area contributed by atoms with Crippen LogP contribution in [0.15, 0.2) is 58.0 Å². The Labute approximate surface area is 126 Å². The maximum absolute atomic E-state index is 11.6. The van der Waals surface area contributed by atoms with Crippen LogP contribution in [-0.4, -0.2) is 12.1 Å². The van der Waals surface area contributed by atoms with Crippen molar-refractivity contribution in [2.24, 2.45) is 5.10 Å². The van der Waals surface area contributed by atoms with Crippen molar-refractivity contribution < 1.29 is 4.79 Å². The quantitative estimate of drug-likeness (QED) is 0.664. The molecule has 1 N–H and O–H groups in total. The first-order valence-corrected chi connectivity index (χ1v) is 7.26. The second-order valence-electron chi connectivity index (χ2n) is 3.99. The van der Waals surface area contributed by atoms with Gasteiger partial charge in [-0.15, -0.1) is 11.3 Å². The normalized spacial score (nSPS) is 11.8. The lowest BCUT2D eigenvalue weighted by Gasteiger charge is -1.97. The summed E-state index contributed by atoms with van der Waals surface area (Å²) in [6.45, 7) is 0. The smallest absolute Gasteiger partial charge is 0.245 e. The van der Waals surface area contributed by atoms with E-state index in [0.717, 1.165) is 10.4 Å². The average molecular weight is 305 g/mol. The van der Waals surface area contributed by atoms with E-state index in [1.165, 1.54) is 6.21 Å². The summed E-state index contributed by atoms with van der Waals surface area (Å²) in [5.74, 6) is -0.159. The summed E-state index contributed by atoms with van der Waals surface area (Å²) in [5.41, 5.74) is 3.43. The van der Waals surface area contributed by atoms with E-state index < -0.39 is 0 Å². The lowest BCUT2D eigenvalue weighted by molar-refractivity contribution is -0.120. The molecule has 1 amide bonds. The molecule has 1 aromatic carbocycles. The molecule has 0 aliphatic carbocycles. The maximum Gasteiger partial charge on any atom is 0.245 e. The summed E-state index contributed by atoms with van der Waals surface area (Å²) in [6, 6.07) is 13.5. The molecular formula is C15H13ClN2OS. The average Bonchev–Trinajstić information content (AvgIpc) is 2.92. The number of carbonyl (C=O) groups is 1. The summed E-state index contributed by atoms with van der Waals surface area (Å²) in [4.78, 5) is 12.6. The molecule has 0 bridgehead atoms. The van der Waals surface area contributed by atoms with Gasteiger partial charge < -0.3 is 0 Å². The first kappa shape index (κ1) is 14.5. The molecule has 1 aromatic heterocycles. The number of benzene rings is 1. The number of halogens is 1. The molecule has 2 rings (SSSR count). The van der Waals surface area contributed by atoms with Gasteiger partial charge in [0, 0.05) is 4.88 Å². The van der Waals surface area contributed by atoms with Crippen LogP contribution < -0.4 is 5.43 Å². The van der Waals surface area contributed by atoms with Gasteiger partial charge in [0.1, 0.15) is 0 Å². The number of hydrogen-bond acceptors (Lipinski definition) is 3. The molecule has 0 saturated carbocycles. The van der Waals surface area contributed by atoms with Crippen molar-refractivity contribution in [1.82, 2.24) is 5.43 Å². The Kier molecular flexibility index (Phi) is 5.53. The van der Waals surface area contributed by atoms with Crippen LogP contribution in [0.4, 0.5) is 0 Å². The topological polar surface area (TPSA) is 41.5 Å². The van der Waals surface area contributed by atoms with Crippen LogP contribution in [0.3, 0.4) is 0 Å². The third-order valence-corrected chi connectivity index (χ3v) is 3.48. The number of hydrogen-bond donors (Lipinski definition) is 1. The number of thiophene rings is 1. The number of rotatable bonds is 5. The lowest BCUT2D eigenvalue weighted by Crippen LogP contribution is -2.19. The Morgan fingerprint density at radius 2 is 2.05 bits per heavy atom. The molecule has 0 aliphatic rings. The fourth-order valence-electron chi connectivity index (χ4n) is 1.52. The largest absolute Gasteiger partial charge is 0.273 e. The van der Waals surface area contributed by atoms with Crippen LogP contribution in [-0.2, 0) is 11.2 Å². The van der Waals surface area contributed by atoms with E-state index in [-0.39, 0.29) is 5.91 Å². The predicted molar refractivity (Wildman–Crippen MR) is 84.9 cm³/mol. The van der Waals surface area contributed by atoms with Gasteiger partial charge in [-0.3, -0.25) is 4.79 Å². The minimum Gasteiger partial charge on any atom is -0.273 e. The van der Waals surface area contributed by atoms with E-state index in [1.807, 2.05) is 47.8 Å². The van der Waals surface area contributed by atoms with E-state index in [9.17, 15) is 4.79 Å². The van der Waals surface area contributed by atoms with Crippen molar-refractivity contribution >= 4 is 41.1 Å². The summed E-state index contributed by atoms with van der Waals surface area (Å²) >= 11 is 7.55. The van der Waals surface area contributed by atoms with Gasteiger partial charge in [-0.1, -0.05) is 48.0 Å². The van der Waals surface area contributed by atoms with Crippen molar-refractivity contribution in [1.29, 1.82) is 0 Å². The highest BCUT2D eigenvalue weighted by Gasteiger charge is 2.02. The van der Waals surface area contributed by atoms with E-state index in [0.29, 0.717) is 11.5 Å². The number of carbonyl (C=O) groups excluding carboxylic acids is 1. The summed E-state index contributed by atoms with van der Waals surface area (Å²) in [7, 11) is 0. The SMILES string of the molecule is O=C(Cc1cccs1)N/N=C/C(Cl)=C/c1ccccc1. The molecule has 0 fully saturated rings. The molecule has 0 aliphatic heterocycles. The van der Waals surface area contributed by atoms with E-state index in [2.05, 4.69) is 10.5 Å². The number of allylic oxidation sites excluding steroid dienone is 1. The first-order valence-electron chi connectivity index (χ1n) is 6.00. The van der Waals surface area contributed by atoms with Crippen molar-refractivity contribution in [3.05, 3.63) is 63.3 Å². The molecule has 3 nitrogen and oxygen atoms in total. The minimum absolute atomic E-state index is 0.159. The van der Waals surface area contributed by atoms with Gasteiger partial charge in [-0.25, -0.2) is 5.43 Å². The minimum atomic E-state index is -0.159. The third-order valence-electron chi connectivity index (χ3n) is 2.40. The molecular weight excluding hydrogens is 292 g/mol. The summed E-state index contributed by atoms with van der Waals surface area (Å²) in [6.07, 6.45) is 3.52. The molecule has 20 heavy (non-hydrogen) atoms. The molecule has 0 saturated heterocycles. The molecule has 0 atom stereocenters. The number of nitrogens with one attached hydrogen (secondary N) is 1. The summed E-state index contributed by atoms with van der Waals surface area (Å²) < 4.78 is 0. The molecule has 5 heteroatoms. The molecule has 102 valence electrons. The van der Waals surface area contributed by atoms with Gasteiger partial charge in [0.25, 0.3) is 0 Å². The number of amides is 1. The van der Waals surface area contributed by atoms with Gasteiger partial charge in [0.15, 0.2) is 0 Å². The van der Waals surface area contributed by atoms with Gasteiger partial charge in [0.05, 0.1) is 17.7 Å². The molecule has 0 radical (unpaired) electrons. The lowest BCUT2D eigenvalue weighted by atomic mass is 10.2. The second-order valence-corrected chi connectivity index (χ2v) is 5.46. The van der Waals surface area contributed by atoms with Crippen molar-refractivity contribution in [2.75, 3.05) is 0 Å². The van der Waals surface area contributed by atoms with Crippen LogP contribution >= 0.6 is 22.9 Å². The van der Waals surface area contributed by atoms with Gasteiger partial charge in [-0.05, 0) is 23.1 Å². The number of nitrogens with zero attached hydrogens (tertiary/aromatic N) is 1. The Balaban J connectivity index is 1.84.